The quantitative estimate of drug-likeness (QED) is 0.250. The maximum atomic E-state index is 12.8. The third-order valence-corrected chi connectivity index (χ3v) is 5.78. The highest BCUT2D eigenvalue weighted by Gasteiger charge is 2.10. The van der Waals surface area contributed by atoms with Crippen molar-refractivity contribution in [3.63, 3.8) is 0 Å². The number of nitrogens with one attached hydrogen (secondary N) is 2. The van der Waals surface area contributed by atoms with Crippen molar-refractivity contribution in [3.8, 4) is 0 Å². The largest absolute Gasteiger partial charge is 0.383 e. The number of anilines is 2. The zero-order valence-electron chi connectivity index (χ0n) is 17.5. The van der Waals surface area contributed by atoms with Crippen molar-refractivity contribution in [3.05, 3.63) is 112 Å². The predicted molar refractivity (Wildman–Crippen MR) is 133 cm³/mol. The SMILES string of the molecule is N/C(=N\c1ccc(CCNC(=O)c2ccccc2Nc2ccccc2)cc1)c1cccs1. The van der Waals surface area contributed by atoms with Gasteiger partial charge in [0.1, 0.15) is 5.84 Å². The van der Waals surface area contributed by atoms with E-state index in [2.05, 4.69) is 15.6 Å². The second-order valence-electron chi connectivity index (χ2n) is 7.18. The molecule has 0 bridgehead atoms. The van der Waals surface area contributed by atoms with E-state index in [1.165, 1.54) is 0 Å². The molecule has 4 rings (SSSR count). The number of nitrogens with zero attached hydrogens (tertiary/aromatic N) is 1. The smallest absolute Gasteiger partial charge is 0.253 e. The molecular formula is C26H24N4OS. The molecule has 0 aliphatic carbocycles. The van der Waals surface area contributed by atoms with E-state index in [-0.39, 0.29) is 5.91 Å². The maximum absolute atomic E-state index is 12.8. The van der Waals surface area contributed by atoms with Gasteiger partial charge in [-0.2, -0.15) is 0 Å². The Balaban J connectivity index is 1.33. The molecular weight excluding hydrogens is 416 g/mol. The Morgan fingerprint density at radius 1 is 0.875 bits per heavy atom. The Kier molecular flexibility index (Phi) is 6.94. The molecule has 1 amide bonds. The molecule has 0 atom stereocenters. The number of hydrogen-bond acceptors (Lipinski definition) is 4. The molecule has 0 aliphatic rings. The van der Waals surface area contributed by atoms with Crippen LogP contribution < -0.4 is 16.4 Å². The highest BCUT2D eigenvalue weighted by molar-refractivity contribution is 7.12. The van der Waals surface area contributed by atoms with Crippen LogP contribution in [0.5, 0.6) is 0 Å². The minimum absolute atomic E-state index is 0.103. The Labute approximate surface area is 191 Å². The molecule has 160 valence electrons. The van der Waals surface area contributed by atoms with Crippen LogP contribution >= 0.6 is 11.3 Å². The molecule has 0 unspecified atom stereocenters. The summed E-state index contributed by atoms with van der Waals surface area (Å²) < 4.78 is 0. The molecule has 3 aromatic carbocycles. The first kappa shape index (κ1) is 21.3. The molecule has 0 saturated carbocycles. The molecule has 4 N–H and O–H groups in total. The lowest BCUT2D eigenvalue weighted by molar-refractivity contribution is 0.0955. The van der Waals surface area contributed by atoms with Crippen LogP contribution in [0.25, 0.3) is 0 Å². The van der Waals surface area contributed by atoms with Crippen LogP contribution in [-0.2, 0) is 6.42 Å². The Morgan fingerprint density at radius 3 is 2.38 bits per heavy atom. The van der Waals surface area contributed by atoms with Gasteiger partial charge in [0.15, 0.2) is 0 Å². The fraction of sp³-hybridized carbons (Fsp3) is 0.0769. The third-order valence-electron chi connectivity index (χ3n) is 4.88. The molecule has 0 radical (unpaired) electrons. The molecule has 5 nitrogen and oxygen atoms in total. The normalized spacial score (nSPS) is 11.2. The standard InChI is InChI=1S/C26H24N4OS/c27-25(24-11-6-18-32-24)30-21-14-12-19(13-15-21)16-17-28-26(31)22-9-4-5-10-23(22)29-20-7-2-1-3-8-20/h1-15,18,29H,16-17H2,(H2,27,30)(H,28,31). The first-order valence-corrected chi connectivity index (χ1v) is 11.2. The second kappa shape index (κ2) is 10.4. The van der Waals surface area contributed by atoms with E-state index in [1.54, 1.807) is 11.3 Å². The van der Waals surface area contributed by atoms with Crippen LogP contribution in [0.2, 0.25) is 0 Å². The van der Waals surface area contributed by atoms with Crippen LogP contribution in [0.15, 0.2) is 101 Å². The minimum atomic E-state index is -0.103. The van der Waals surface area contributed by atoms with E-state index in [0.717, 1.165) is 33.9 Å². The summed E-state index contributed by atoms with van der Waals surface area (Å²) in [7, 11) is 0. The van der Waals surface area contributed by atoms with E-state index in [9.17, 15) is 4.79 Å². The van der Waals surface area contributed by atoms with Crippen molar-refractivity contribution in [2.75, 3.05) is 11.9 Å². The minimum Gasteiger partial charge on any atom is -0.383 e. The van der Waals surface area contributed by atoms with Crippen molar-refractivity contribution in [1.29, 1.82) is 0 Å². The Hall–Kier alpha value is -3.90. The van der Waals surface area contributed by atoms with Crippen molar-refractivity contribution in [2.45, 2.75) is 6.42 Å². The van der Waals surface area contributed by atoms with E-state index >= 15 is 0 Å². The summed E-state index contributed by atoms with van der Waals surface area (Å²) >= 11 is 1.57. The van der Waals surface area contributed by atoms with Crippen molar-refractivity contribution < 1.29 is 4.79 Å². The number of carbonyl (C=O) groups is 1. The molecule has 4 aromatic rings. The van der Waals surface area contributed by atoms with Gasteiger partial charge in [0.05, 0.1) is 21.8 Å². The predicted octanol–water partition coefficient (Wildman–Crippen LogP) is 5.50. The summed E-state index contributed by atoms with van der Waals surface area (Å²) in [5.74, 6) is 0.414. The number of aliphatic imine (C=N–C) groups is 1. The lowest BCUT2D eigenvalue weighted by Crippen LogP contribution is -2.26. The molecule has 0 spiro atoms. The van der Waals surface area contributed by atoms with Gasteiger partial charge in [-0.15, -0.1) is 11.3 Å². The Bertz CT molecular complexity index is 1190. The van der Waals surface area contributed by atoms with Gasteiger partial charge in [-0.25, -0.2) is 4.99 Å². The van der Waals surface area contributed by atoms with Crippen LogP contribution in [0.1, 0.15) is 20.8 Å². The topological polar surface area (TPSA) is 79.5 Å². The molecule has 1 heterocycles. The van der Waals surface area contributed by atoms with Crippen molar-refractivity contribution >= 4 is 40.1 Å². The van der Waals surface area contributed by atoms with Gasteiger partial charge in [0.2, 0.25) is 0 Å². The van der Waals surface area contributed by atoms with Gasteiger partial charge < -0.3 is 16.4 Å². The fourth-order valence-electron chi connectivity index (χ4n) is 3.24. The Morgan fingerprint density at radius 2 is 1.62 bits per heavy atom. The monoisotopic (exact) mass is 440 g/mol. The van der Waals surface area contributed by atoms with Crippen LogP contribution in [-0.4, -0.2) is 18.3 Å². The number of nitrogens with two attached hydrogens (primary N) is 1. The number of benzene rings is 3. The van der Waals surface area contributed by atoms with Gasteiger partial charge >= 0.3 is 0 Å². The average molecular weight is 441 g/mol. The number of carbonyl (C=O) groups excluding carboxylic acids is 1. The van der Waals surface area contributed by atoms with Crippen molar-refractivity contribution in [1.82, 2.24) is 5.32 Å². The van der Waals surface area contributed by atoms with Gasteiger partial charge in [-0.1, -0.05) is 48.5 Å². The number of hydrogen-bond donors (Lipinski definition) is 3. The summed E-state index contributed by atoms with van der Waals surface area (Å²) in [6.45, 7) is 0.540. The first-order chi connectivity index (χ1) is 15.7. The molecule has 6 heteroatoms. The summed E-state index contributed by atoms with van der Waals surface area (Å²) in [6.07, 6.45) is 0.727. The lowest BCUT2D eigenvalue weighted by atomic mass is 10.1. The molecule has 0 saturated heterocycles. The van der Waals surface area contributed by atoms with Gasteiger partial charge in [0, 0.05) is 12.2 Å². The lowest BCUT2D eigenvalue weighted by Gasteiger charge is -2.12. The summed E-state index contributed by atoms with van der Waals surface area (Å²) in [5, 5.41) is 8.30. The maximum Gasteiger partial charge on any atom is 0.253 e. The molecule has 32 heavy (non-hydrogen) atoms. The molecule has 0 fully saturated rings. The highest BCUT2D eigenvalue weighted by atomic mass is 32.1. The van der Waals surface area contributed by atoms with Crippen LogP contribution in [0.4, 0.5) is 17.1 Å². The van der Waals surface area contributed by atoms with E-state index in [0.29, 0.717) is 17.9 Å². The van der Waals surface area contributed by atoms with E-state index < -0.39 is 0 Å². The first-order valence-electron chi connectivity index (χ1n) is 10.4. The average Bonchev–Trinajstić information content (AvgIpc) is 3.36. The van der Waals surface area contributed by atoms with Crippen LogP contribution in [0.3, 0.4) is 0 Å². The molecule has 0 aliphatic heterocycles. The summed E-state index contributed by atoms with van der Waals surface area (Å²) in [4.78, 5) is 18.2. The number of rotatable bonds is 8. The molecule has 1 aromatic heterocycles. The third kappa shape index (κ3) is 5.62. The van der Waals surface area contributed by atoms with Gasteiger partial charge in [-0.3, -0.25) is 4.79 Å². The number of para-hydroxylation sites is 2. The number of amidine groups is 1. The summed E-state index contributed by atoms with van der Waals surface area (Å²) in [6, 6.07) is 29.1. The summed E-state index contributed by atoms with van der Waals surface area (Å²) in [5.41, 5.74) is 10.3. The van der Waals surface area contributed by atoms with Gasteiger partial charge in [-0.05, 0) is 59.8 Å². The van der Waals surface area contributed by atoms with E-state index in [1.807, 2.05) is 96.4 Å². The second-order valence-corrected chi connectivity index (χ2v) is 8.13. The van der Waals surface area contributed by atoms with Crippen LogP contribution in [0, 0.1) is 0 Å². The zero-order chi connectivity index (χ0) is 22.2. The van der Waals surface area contributed by atoms with E-state index in [4.69, 9.17) is 5.73 Å². The number of thiophene rings is 1. The zero-order valence-corrected chi connectivity index (χ0v) is 18.3. The highest BCUT2D eigenvalue weighted by Crippen LogP contribution is 2.21. The van der Waals surface area contributed by atoms with Gasteiger partial charge in [0.25, 0.3) is 5.91 Å². The number of amides is 1. The fourth-order valence-corrected chi connectivity index (χ4v) is 3.87. The van der Waals surface area contributed by atoms with Crippen molar-refractivity contribution in [2.24, 2.45) is 10.7 Å².